The molecule has 0 aliphatic carbocycles. The third-order valence-electron chi connectivity index (χ3n) is 3.08. The van der Waals surface area contributed by atoms with E-state index >= 15 is 0 Å². The van der Waals surface area contributed by atoms with E-state index in [0.717, 1.165) is 10.0 Å². The summed E-state index contributed by atoms with van der Waals surface area (Å²) in [6.07, 6.45) is 0. The third-order valence-corrected chi connectivity index (χ3v) is 3.61. The first-order valence-electron chi connectivity index (χ1n) is 6.09. The molecule has 0 fully saturated rings. The maximum absolute atomic E-state index is 12.5. The molecule has 0 atom stereocenters. The summed E-state index contributed by atoms with van der Waals surface area (Å²) in [5, 5.41) is 0. The average molecular weight is 335 g/mol. The van der Waals surface area contributed by atoms with E-state index in [4.69, 9.17) is 9.47 Å². The standard InChI is InChI=1S/C16H15BrO3/c1-10-8-14(19-2)15(20-3)9-13(10)16(18)11-4-6-12(17)7-5-11/h4-9H,1-3H3. The Balaban J connectivity index is 2.46. The lowest BCUT2D eigenvalue weighted by Crippen LogP contribution is -2.05. The molecule has 0 aliphatic heterocycles. The van der Waals surface area contributed by atoms with Crippen LogP contribution in [0.5, 0.6) is 11.5 Å². The van der Waals surface area contributed by atoms with E-state index in [1.165, 1.54) is 0 Å². The summed E-state index contributed by atoms with van der Waals surface area (Å²) in [5.41, 5.74) is 2.11. The maximum atomic E-state index is 12.5. The molecule has 3 nitrogen and oxygen atoms in total. The smallest absolute Gasteiger partial charge is 0.193 e. The summed E-state index contributed by atoms with van der Waals surface area (Å²) in [5.74, 6) is 1.15. The van der Waals surface area contributed by atoms with Gasteiger partial charge in [0.15, 0.2) is 17.3 Å². The van der Waals surface area contributed by atoms with Crippen molar-refractivity contribution in [2.75, 3.05) is 14.2 Å². The van der Waals surface area contributed by atoms with Crippen molar-refractivity contribution in [1.29, 1.82) is 0 Å². The maximum Gasteiger partial charge on any atom is 0.193 e. The van der Waals surface area contributed by atoms with Gasteiger partial charge in [-0.1, -0.05) is 15.9 Å². The van der Waals surface area contributed by atoms with Crippen LogP contribution >= 0.6 is 15.9 Å². The van der Waals surface area contributed by atoms with Crippen molar-refractivity contribution < 1.29 is 14.3 Å². The Kier molecular flexibility index (Phi) is 4.45. The summed E-state index contributed by atoms with van der Waals surface area (Å²) in [6.45, 7) is 1.88. The topological polar surface area (TPSA) is 35.5 Å². The molecule has 4 heteroatoms. The number of carbonyl (C=O) groups is 1. The van der Waals surface area contributed by atoms with Gasteiger partial charge < -0.3 is 9.47 Å². The van der Waals surface area contributed by atoms with E-state index < -0.39 is 0 Å². The number of hydrogen-bond acceptors (Lipinski definition) is 3. The summed E-state index contributed by atoms with van der Waals surface area (Å²) >= 11 is 3.36. The molecule has 104 valence electrons. The highest BCUT2D eigenvalue weighted by Crippen LogP contribution is 2.31. The molecule has 0 unspecified atom stereocenters. The van der Waals surface area contributed by atoms with Gasteiger partial charge in [0.05, 0.1) is 14.2 Å². The molecule has 0 amide bonds. The van der Waals surface area contributed by atoms with Crippen LogP contribution in [-0.4, -0.2) is 20.0 Å². The van der Waals surface area contributed by atoms with E-state index in [1.807, 2.05) is 25.1 Å². The van der Waals surface area contributed by atoms with Crippen LogP contribution in [0.1, 0.15) is 21.5 Å². The van der Waals surface area contributed by atoms with Gasteiger partial charge in [-0.25, -0.2) is 0 Å². The Hall–Kier alpha value is -1.81. The van der Waals surface area contributed by atoms with E-state index in [2.05, 4.69) is 15.9 Å². The molecule has 0 saturated carbocycles. The van der Waals surface area contributed by atoms with Gasteiger partial charge in [-0.15, -0.1) is 0 Å². The number of ether oxygens (including phenoxy) is 2. The fourth-order valence-corrected chi connectivity index (χ4v) is 2.25. The number of hydrogen-bond donors (Lipinski definition) is 0. The molecule has 0 bridgehead atoms. The van der Waals surface area contributed by atoms with Crippen LogP contribution in [0.15, 0.2) is 40.9 Å². The Morgan fingerprint density at radius 1 is 1.00 bits per heavy atom. The van der Waals surface area contributed by atoms with E-state index in [0.29, 0.717) is 22.6 Å². The van der Waals surface area contributed by atoms with E-state index in [-0.39, 0.29) is 5.78 Å². The number of methoxy groups -OCH3 is 2. The van der Waals surface area contributed by atoms with Crippen molar-refractivity contribution in [3.8, 4) is 11.5 Å². The largest absolute Gasteiger partial charge is 0.493 e. The van der Waals surface area contributed by atoms with Gasteiger partial charge in [0.2, 0.25) is 0 Å². The second kappa shape index (κ2) is 6.09. The number of aryl methyl sites for hydroxylation is 1. The third kappa shape index (κ3) is 2.85. The van der Waals surface area contributed by atoms with Gasteiger partial charge in [0.1, 0.15) is 0 Å². The number of benzene rings is 2. The quantitative estimate of drug-likeness (QED) is 0.792. The van der Waals surface area contributed by atoms with Crippen LogP contribution in [0.4, 0.5) is 0 Å². The zero-order chi connectivity index (χ0) is 14.7. The van der Waals surface area contributed by atoms with Crippen LogP contribution in [0.25, 0.3) is 0 Å². The lowest BCUT2D eigenvalue weighted by Gasteiger charge is -2.12. The highest BCUT2D eigenvalue weighted by molar-refractivity contribution is 9.10. The van der Waals surface area contributed by atoms with Crippen molar-refractivity contribution in [3.05, 3.63) is 57.6 Å². The molecule has 2 aromatic carbocycles. The van der Waals surface area contributed by atoms with Gasteiger partial charge in [0.25, 0.3) is 0 Å². The minimum atomic E-state index is -0.0315. The van der Waals surface area contributed by atoms with Crippen molar-refractivity contribution in [3.63, 3.8) is 0 Å². The zero-order valence-corrected chi connectivity index (χ0v) is 13.2. The SMILES string of the molecule is COc1cc(C)c(C(=O)c2ccc(Br)cc2)cc1OC. The number of ketones is 1. The van der Waals surface area contributed by atoms with Crippen LogP contribution in [0.3, 0.4) is 0 Å². The fourth-order valence-electron chi connectivity index (χ4n) is 1.98. The molecular weight excluding hydrogens is 320 g/mol. The zero-order valence-electron chi connectivity index (χ0n) is 11.6. The second-order valence-electron chi connectivity index (χ2n) is 4.36. The first-order valence-corrected chi connectivity index (χ1v) is 6.89. The summed E-state index contributed by atoms with van der Waals surface area (Å²) in [7, 11) is 3.13. The molecule has 0 N–H and O–H groups in total. The summed E-state index contributed by atoms with van der Waals surface area (Å²) < 4.78 is 11.4. The molecule has 0 saturated heterocycles. The van der Waals surface area contributed by atoms with E-state index in [9.17, 15) is 4.79 Å². The fraction of sp³-hybridized carbons (Fsp3) is 0.188. The minimum absolute atomic E-state index is 0.0315. The first kappa shape index (κ1) is 14.6. The van der Waals surface area contributed by atoms with Gasteiger partial charge in [-0.3, -0.25) is 4.79 Å². The number of halogens is 1. The van der Waals surface area contributed by atoms with Gasteiger partial charge in [-0.2, -0.15) is 0 Å². The normalized spacial score (nSPS) is 10.2. The van der Waals surface area contributed by atoms with Crippen molar-refractivity contribution in [1.82, 2.24) is 0 Å². The predicted octanol–water partition coefficient (Wildman–Crippen LogP) is 4.01. The molecular formula is C16H15BrO3. The summed E-state index contributed by atoms with van der Waals surface area (Å²) in [6, 6.07) is 10.8. The molecule has 0 radical (unpaired) electrons. The van der Waals surface area contributed by atoms with Crippen LogP contribution in [0, 0.1) is 6.92 Å². The Labute approximate surface area is 126 Å². The van der Waals surface area contributed by atoms with Crippen molar-refractivity contribution in [2.45, 2.75) is 6.92 Å². The lowest BCUT2D eigenvalue weighted by molar-refractivity contribution is 0.103. The highest BCUT2D eigenvalue weighted by atomic mass is 79.9. The molecule has 0 spiro atoms. The second-order valence-corrected chi connectivity index (χ2v) is 5.27. The first-order chi connectivity index (χ1) is 9.56. The lowest BCUT2D eigenvalue weighted by atomic mass is 9.98. The van der Waals surface area contributed by atoms with Crippen LogP contribution in [0.2, 0.25) is 0 Å². The van der Waals surface area contributed by atoms with E-state index in [1.54, 1.807) is 32.4 Å². The highest BCUT2D eigenvalue weighted by Gasteiger charge is 2.16. The molecule has 20 heavy (non-hydrogen) atoms. The molecule has 0 heterocycles. The average Bonchev–Trinajstić information content (AvgIpc) is 2.47. The Morgan fingerprint density at radius 3 is 2.10 bits per heavy atom. The van der Waals surface area contributed by atoms with Crippen LogP contribution in [-0.2, 0) is 0 Å². The number of rotatable bonds is 4. The van der Waals surface area contributed by atoms with Gasteiger partial charge >= 0.3 is 0 Å². The summed E-state index contributed by atoms with van der Waals surface area (Å²) in [4.78, 5) is 12.5. The van der Waals surface area contributed by atoms with Crippen molar-refractivity contribution >= 4 is 21.7 Å². The molecule has 2 rings (SSSR count). The minimum Gasteiger partial charge on any atom is -0.493 e. The van der Waals surface area contributed by atoms with Crippen molar-refractivity contribution in [2.24, 2.45) is 0 Å². The molecule has 0 aliphatic rings. The van der Waals surface area contributed by atoms with Gasteiger partial charge in [0, 0.05) is 15.6 Å². The molecule has 2 aromatic rings. The predicted molar refractivity (Wildman–Crippen MR) is 81.9 cm³/mol. The monoisotopic (exact) mass is 334 g/mol. The molecule has 0 aromatic heterocycles. The number of carbonyl (C=O) groups excluding carboxylic acids is 1. The Bertz CT molecular complexity index is 633. The Morgan fingerprint density at radius 2 is 1.55 bits per heavy atom. The van der Waals surface area contributed by atoms with Gasteiger partial charge in [-0.05, 0) is 48.9 Å². The van der Waals surface area contributed by atoms with Crippen LogP contribution < -0.4 is 9.47 Å².